The molecule has 0 bridgehead atoms. The molecule has 1 aliphatic rings. The molecule has 7 heteroatoms. The second-order valence-corrected chi connectivity index (χ2v) is 5.43. The first-order valence-electron chi connectivity index (χ1n) is 7.04. The summed E-state index contributed by atoms with van der Waals surface area (Å²) in [6, 6.07) is 1.36. The number of hydrogen-bond donors (Lipinski definition) is 1. The maximum atomic E-state index is 13.8. The molecule has 1 N–H and O–H groups in total. The summed E-state index contributed by atoms with van der Waals surface area (Å²) in [5.74, 6) is -3.38. The van der Waals surface area contributed by atoms with E-state index >= 15 is 0 Å². The number of carbonyl (C=O) groups excluding carboxylic acids is 1. The molecular formula is C15H19F3N2O2. The number of carbonyl (C=O) groups is 1. The SMILES string of the molecule is CNC(=O)C1(COC)CCCN1Cc1cc(F)c(F)cc1F. The number of amides is 1. The summed E-state index contributed by atoms with van der Waals surface area (Å²) in [4.78, 5) is 14.0. The minimum absolute atomic E-state index is 0.0137. The molecule has 4 nitrogen and oxygen atoms in total. The number of hydrogen-bond acceptors (Lipinski definition) is 3. The summed E-state index contributed by atoms with van der Waals surface area (Å²) in [5.41, 5.74) is -0.897. The molecule has 1 fully saturated rings. The fraction of sp³-hybridized carbons (Fsp3) is 0.533. The van der Waals surface area contributed by atoms with Crippen LogP contribution in [0.5, 0.6) is 0 Å². The number of nitrogens with zero attached hydrogens (tertiary/aromatic N) is 1. The van der Waals surface area contributed by atoms with Gasteiger partial charge in [0.15, 0.2) is 11.6 Å². The predicted molar refractivity (Wildman–Crippen MR) is 74.6 cm³/mol. The summed E-state index contributed by atoms with van der Waals surface area (Å²) in [7, 11) is 3.01. The second-order valence-electron chi connectivity index (χ2n) is 5.43. The Morgan fingerprint density at radius 2 is 2.00 bits per heavy atom. The van der Waals surface area contributed by atoms with Gasteiger partial charge in [-0.05, 0) is 25.5 Å². The number of benzene rings is 1. The molecule has 1 aromatic rings. The summed E-state index contributed by atoms with van der Waals surface area (Å²) in [6.45, 7) is 0.715. The number of ether oxygens (including phenoxy) is 1. The van der Waals surface area contributed by atoms with E-state index in [1.807, 2.05) is 0 Å². The highest BCUT2D eigenvalue weighted by molar-refractivity contribution is 5.86. The molecule has 22 heavy (non-hydrogen) atoms. The van der Waals surface area contributed by atoms with E-state index in [1.165, 1.54) is 14.2 Å². The number of nitrogens with one attached hydrogen (secondary N) is 1. The van der Waals surface area contributed by atoms with Crippen LogP contribution in [0.2, 0.25) is 0 Å². The highest BCUT2D eigenvalue weighted by Crippen LogP contribution is 2.32. The number of halogens is 3. The number of rotatable bonds is 5. The number of likely N-dealkylation sites (N-methyl/N-ethyl adjacent to an activating group) is 1. The maximum Gasteiger partial charge on any atom is 0.242 e. The van der Waals surface area contributed by atoms with Gasteiger partial charge in [-0.1, -0.05) is 0 Å². The first-order valence-corrected chi connectivity index (χ1v) is 7.04. The van der Waals surface area contributed by atoms with Gasteiger partial charge in [-0.3, -0.25) is 9.69 Å². The molecular weight excluding hydrogens is 297 g/mol. The monoisotopic (exact) mass is 316 g/mol. The van der Waals surface area contributed by atoms with Gasteiger partial charge in [0.25, 0.3) is 0 Å². The Bertz CT molecular complexity index is 568. The lowest BCUT2D eigenvalue weighted by Crippen LogP contribution is -2.57. The molecule has 0 spiro atoms. The highest BCUT2D eigenvalue weighted by atomic mass is 19.2. The van der Waals surface area contributed by atoms with Gasteiger partial charge in [0, 0.05) is 32.3 Å². The molecule has 1 atom stereocenters. The normalized spacial score (nSPS) is 22.0. The van der Waals surface area contributed by atoms with Crippen LogP contribution >= 0.6 is 0 Å². The zero-order valence-electron chi connectivity index (χ0n) is 12.6. The number of methoxy groups -OCH3 is 1. The van der Waals surface area contributed by atoms with E-state index in [0.717, 1.165) is 12.5 Å². The van der Waals surface area contributed by atoms with Crippen LogP contribution in [0.3, 0.4) is 0 Å². The highest BCUT2D eigenvalue weighted by Gasteiger charge is 2.47. The first-order chi connectivity index (χ1) is 10.4. The standard InChI is InChI=1S/C15H19F3N2O2/c1-19-14(21)15(9-22-2)4-3-5-20(15)8-10-6-12(17)13(18)7-11(10)16/h6-7H,3-5,8-9H2,1-2H3,(H,19,21). The van der Waals surface area contributed by atoms with Crippen molar-refractivity contribution < 1.29 is 22.7 Å². The smallest absolute Gasteiger partial charge is 0.242 e. The first kappa shape index (κ1) is 16.8. The van der Waals surface area contributed by atoms with E-state index < -0.39 is 23.0 Å². The van der Waals surface area contributed by atoms with Crippen molar-refractivity contribution in [2.75, 3.05) is 27.3 Å². The van der Waals surface area contributed by atoms with Crippen molar-refractivity contribution in [1.82, 2.24) is 10.2 Å². The molecule has 1 aliphatic heterocycles. The van der Waals surface area contributed by atoms with Gasteiger partial charge >= 0.3 is 0 Å². The van der Waals surface area contributed by atoms with Crippen LogP contribution in [0.4, 0.5) is 13.2 Å². The molecule has 0 saturated carbocycles. The molecule has 1 unspecified atom stereocenters. The molecule has 1 heterocycles. The van der Waals surface area contributed by atoms with Gasteiger partial charge in [-0.2, -0.15) is 0 Å². The molecule has 1 aromatic carbocycles. The van der Waals surface area contributed by atoms with E-state index in [2.05, 4.69) is 5.32 Å². The van der Waals surface area contributed by atoms with E-state index in [0.29, 0.717) is 19.0 Å². The minimum Gasteiger partial charge on any atom is -0.382 e. The lowest BCUT2D eigenvalue weighted by Gasteiger charge is -2.36. The van der Waals surface area contributed by atoms with Crippen LogP contribution in [-0.4, -0.2) is 43.7 Å². The fourth-order valence-corrected chi connectivity index (χ4v) is 3.01. The van der Waals surface area contributed by atoms with Crippen LogP contribution in [0.15, 0.2) is 12.1 Å². The van der Waals surface area contributed by atoms with Gasteiger partial charge in [0.2, 0.25) is 5.91 Å². The van der Waals surface area contributed by atoms with Crippen molar-refractivity contribution in [2.45, 2.75) is 24.9 Å². The van der Waals surface area contributed by atoms with E-state index in [9.17, 15) is 18.0 Å². The van der Waals surface area contributed by atoms with Crippen LogP contribution in [-0.2, 0) is 16.1 Å². The van der Waals surface area contributed by atoms with Crippen LogP contribution in [0.1, 0.15) is 18.4 Å². The summed E-state index contributed by atoms with van der Waals surface area (Å²) < 4.78 is 45.4. The topological polar surface area (TPSA) is 41.6 Å². The number of likely N-dealkylation sites (tertiary alicyclic amines) is 1. The van der Waals surface area contributed by atoms with E-state index in [1.54, 1.807) is 4.90 Å². The Morgan fingerprint density at radius 3 is 2.64 bits per heavy atom. The predicted octanol–water partition coefficient (Wildman–Crippen LogP) is 1.83. The largest absolute Gasteiger partial charge is 0.382 e. The Kier molecular flexibility index (Phi) is 5.08. The van der Waals surface area contributed by atoms with Gasteiger partial charge in [-0.25, -0.2) is 13.2 Å². The Labute approximate surface area is 127 Å². The Morgan fingerprint density at radius 1 is 1.32 bits per heavy atom. The summed E-state index contributed by atoms with van der Waals surface area (Å²) in [5, 5.41) is 2.60. The van der Waals surface area contributed by atoms with Crippen molar-refractivity contribution in [2.24, 2.45) is 0 Å². The molecule has 2 rings (SSSR count). The second kappa shape index (κ2) is 6.66. The van der Waals surface area contributed by atoms with Crippen molar-refractivity contribution in [1.29, 1.82) is 0 Å². The van der Waals surface area contributed by atoms with Gasteiger partial charge in [-0.15, -0.1) is 0 Å². The Balaban J connectivity index is 2.30. The van der Waals surface area contributed by atoms with E-state index in [-0.39, 0.29) is 24.6 Å². The Hall–Kier alpha value is -1.60. The van der Waals surface area contributed by atoms with Crippen LogP contribution in [0, 0.1) is 17.5 Å². The van der Waals surface area contributed by atoms with E-state index in [4.69, 9.17) is 4.74 Å². The average molecular weight is 316 g/mol. The molecule has 0 radical (unpaired) electrons. The fourth-order valence-electron chi connectivity index (χ4n) is 3.01. The van der Waals surface area contributed by atoms with Crippen molar-refractivity contribution in [3.8, 4) is 0 Å². The maximum absolute atomic E-state index is 13.8. The van der Waals surface area contributed by atoms with Crippen molar-refractivity contribution in [3.63, 3.8) is 0 Å². The van der Waals surface area contributed by atoms with Crippen LogP contribution in [0.25, 0.3) is 0 Å². The van der Waals surface area contributed by atoms with Crippen molar-refractivity contribution >= 4 is 5.91 Å². The molecule has 0 aliphatic carbocycles. The quantitative estimate of drug-likeness (QED) is 0.843. The molecule has 0 aromatic heterocycles. The third-order valence-electron chi connectivity index (χ3n) is 4.11. The molecule has 1 saturated heterocycles. The molecule has 1 amide bonds. The zero-order valence-corrected chi connectivity index (χ0v) is 12.6. The minimum atomic E-state index is -1.22. The summed E-state index contributed by atoms with van der Waals surface area (Å²) in [6.07, 6.45) is 1.30. The van der Waals surface area contributed by atoms with Gasteiger partial charge < -0.3 is 10.1 Å². The average Bonchev–Trinajstić information content (AvgIpc) is 2.88. The summed E-state index contributed by atoms with van der Waals surface area (Å²) >= 11 is 0. The third-order valence-corrected chi connectivity index (χ3v) is 4.11. The van der Waals surface area contributed by atoms with Gasteiger partial charge in [0.05, 0.1) is 6.61 Å². The lowest BCUT2D eigenvalue weighted by atomic mass is 9.95. The van der Waals surface area contributed by atoms with Gasteiger partial charge in [0.1, 0.15) is 11.4 Å². The lowest BCUT2D eigenvalue weighted by molar-refractivity contribution is -0.135. The zero-order chi connectivity index (χ0) is 16.3. The molecule has 122 valence electrons. The third kappa shape index (κ3) is 2.96. The van der Waals surface area contributed by atoms with Crippen LogP contribution < -0.4 is 5.32 Å². The van der Waals surface area contributed by atoms with Crippen molar-refractivity contribution in [3.05, 3.63) is 35.1 Å².